The summed E-state index contributed by atoms with van der Waals surface area (Å²) < 4.78 is 2.38. The molecule has 0 N–H and O–H groups in total. The standard InChI is InChI=1S/C53H37NO/c55-52-50(36-17-5-2-6-18-36)49(35-15-3-1-4-16-35)51(52)37-27-29-38(30-28-37)53(45-23-11-7-19-41(45)42-20-8-12-24-46(42)53)39-31-33-40(34-32-39)54-47-25-13-9-21-43(47)44-22-10-14-26-48(44)54/h1-34,49-51H. The van der Waals surface area contributed by atoms with Crippen LogP contribution in [0.2, 0.25) is 0 Å². The van der Waals surface area contributed by atoms with Gasteiger partial charge in [0.15, 0.2) is 0 Å². The maximum atomic E-state index is 14.2. The Hall–Kier alpha value is -6.77. The molecular formula is C53H37NO. The number of benzene rings is 8. The van der Waals surface area contributed by atoms with Gasteiger partial charge in [-0.3, -0.25) is 4.79 Å². The van der Waals surface area contributed by atoms with E-state index < -0.39 is 5.41 Å². The first kappa shape index (κ1) is 31.7. The number of fused-ring (bicyclic) bond motifs is 6. The topological polar surface area (TPSA) is 22.0 Å². The van der Waals surface area contributed by atoms with Gasteiger partial charge in [0.05, 0.1) is 28.3 Å². The van der Waals surface area contributed by atoms with E-state index in [1.54, 1.807) is 0 Å². The summed E-state index contributed by atoms with van der Waals surface area (Å²) >= 11 is 0. The van der Waals surface area contributed by atoms with Gasteiger partial charge in [-0.05, 0) is 74.3 Å². The number of ketones is 1. The Bertz CT molecular complexity index is 2790. The zero-order chi connectivity index (χ0) is 36.5. The van der Waals surface area contributed by atoms with Crippen molar-refractivity contribution in [2.75, 3.05) is 0 Å². The minimum atomic E-state index is -0.542. The van der Waals surface area contributed by atoms with E-state index >= 15 is 0 Å². The monoisotopic (exact) mass is 703 g/mol. The zero-order valence-electron chi connectivity index (χ0n) is 30.2. The van der Waals surface area contributed by atoms with Crippen LogP contribution in [0.25, 0.3) is 38.6 Å². The van der Waals surface area contributed by atoms with Crippen LogP contribution in [0.4, 0.5) is 0 Å². The highest BCUT2D eigenvalue weighted by Crippen LogP contribution is 2.58. The second-order valence-corrected chi connectivity index (χ2v) is 15.1. The Labute approximate surface area is 321 Å². The highest BCUT2D eigenvalue weighted by Gasteiger charge is 2.52. The van der Waals surface area contributed by atoms with Crippen molar-refractivity contribution >= 4 is 27.6 Å². The third kappa shape index (κ3) is 4.58. The number of rotatable bonds is 6. The third-order valence-electron chi connectivity index (χ3n) is 12.5. The average molecular weight is 704 g/mol. The maximum Gasteiger partial charge on any atom is 0.149 e. The molecule has 1 heterocycles. The largest absolute Gasteiger partial charge is 0.309 e. The normalized spacial score (nSPS) is 18.2. The summed E-state index contributed by atoms with van der Waals surface area (Å²) in [5, 5.41) is 2.51. The van der Waals surface area contributed by atoms with E-state index in [2.05, 4.69) is 193 Å². The lowest BCUT2D eigenvalue weighted by atomic mass is 9.56. The quantitative estimate of drug-likeness (QED) is 0.169. The number of Topliss-reactive ketones (excluding diaryl/α,β-unsaturated/α-hetero) is 1. The fourth-order valence-corrected chi connectivity index (χ4v) is 10.1. The van der Waals surface area contributed by atoms with Crippen molar-refractivity contribution < 1.29 is 4.79 Å². The molecule has 9 aromatic rings. The van der Waals surface area contributed by atoms with E-state index in [9.17, 15) is 4.79 Å². The van der Waals surface area contributed by atoms with E-state index in [0.717, 1.165) is 16.8 Å². The number of aromatic nitrogens is 1. The summed E-state index contributed by atoms with van der Waals surface area (Å²) in [6.07, 6.45) is 0. The molecule has 0 saturated heterocycles. The lowest BCUT2D eigenvalue weighted by molar-refractivity contribution is -0.129. The number of hydrogen-bond donors (Lipinski definition) is 0. The summed E-state index contributed by atoms with van der Waals surface area (Å²) in [6.45, 7) is 0. The van der Waals surface area contributed by atoms with E-state index in [-0.39, 0.29) is 17.8 Å². The summed E-state index contributed by atoms with van der Waals surface area (Å²) in [5.74, 6) is 0.0180. The van der Waals surface area contributed by atoms with Gasteiger partial charge in [0, 0.05) is 22.4 Å². The molecule has 0 aliphatic heterocycles. The first-order chi connectivity index (χ1) is 27.2. The molecule has 260 valence electrons. The molecule has 3 atom stereocenters. The predicted molar refractivity (Wildman–Crippen MR) is 224 cm³/mol. The van der Waals surface area contributed by atoms with Crippen LogP contribution >= 0.6 is 0 Å². The van der Waals surface area contributed by atoms with Gasteiger partial charge in [0.2, 0.25) is 0 Å². The molecule has 0 radical (unpaired) electrons. The molecule has 0 bridgehead atoms. The molecule has 0 amide bonds. The number of nitrogens with zero attached hydrogens (tertiary/aromatic N) is 1. The van der Waals surface area contributed by atoms with E-state index in [0.29, 0.717) is 5.78 Å². The van der Waals surface area contributed by atoms with Crippen LogP contribution < -0.4 is 0 Å². The summed E-state index contributed by atoms with van der Waals surface area (Å²) in [5.41, 5.74) is 13.9. The van der Waals surface area contributed by atoms with Crippen LogP contribution in [0.3, 0.4) is 0 Å². The Morgan fingerprint density at radius 1 is 0.382 bits per heavy atom. The molecule has 55 heavy (non-hydrogen) atoms. The molecule has 0 spiro atoms. The molecule has 3 unspecified atom stereocenters. The van der Waals surface area contributed by atoms with Gasteiger partial charge in [-0.25, -0.2) is 0 Å². The average Bonchev–Trinajstić information content (AvgIpc) is 3.75. The second-order valence-electron chi connectivity index (χ2n) is 15.1. The van der Waals surface area contributed by atoms with Crippen LogP contribution in [0.5, 0.6) is 0 Å². The van der Waals surface area contributed by atoms with Crippen molar-refractivity contribution in [3.05, 3.63) is 245 Å². The van der Waals surface area contributed by atoms with Gasteiger partial charge in [0.1, 0.15) is 5.78 Å². The molecule has 11 rings (SSSR count). The van der Waals surface area contributed by atoms with Crippen LogP contribution in [0, 0.1) is 0 Å². The highest BCUT2D eigenvalue weighted by atomic mass is 16.1. The van der Waals surface area contributed by atoms with Gasteiger partial charge in [0.25, 0.3) is 0 Å². The molecule has 1 aromatic heterocycles. The SMILES string of the molecule is O=C1C(c2ccccc2)C(c2ccccc2)C1c1ccc(C2(c3ccc(-n4c5ccccc5c5ccccc54)cc3)c3ccccc3-c3ccccc32)cc1. The highest BCUT2D eigenvalue weighted by molar-refractivity contribution is 6.09. The number of carbonyl (C=O) groups excluding carboxylic acids is 1. The van der Waals surface area contributed by atoms with Gasteiger partial charge >= 0.3 is 0 Å². The number of carbonyl (C=O) groups is 1. The second kappa shape index (κ2) is 12.4. The maximum absolute atomic E-state index is 14.2. The molecule has 2 nitrogen and oxygen atoms in total. The van der Waals surface area contributed by atoms with Crippen molar-refractivity contribution in [2.45, 2.75) is 23.2 Å². The summed E-state index contributed by atoms with van der Waals surface area (Å²) in [4.78, 5) is 14.2. The first-order valence-electron chi connectivity index (χ1n) is 19.3. The molecule has 2 heteroatoms. The zero-order valence-corrected chi connectivity index (χ0v) is 30.2. The Kier molecular flexibility index (Phi) is 7.15. The van der Waals surface area contributed by atoms with Crippen molar-refractivity contribution in [2.24, 2.45) is 0 Å². The molecule has 2 aliphatic rings. The first-order valence-corrected chi connectivity index (χ1v) is 19.3. The van der Waals surface area contributed by atoms with Crippen LogP contribution in [0.1, 0.15) is 56.7 Å². The third-order valence-corrected chi connectivity index (χ3v) is 12.5. The molecule has 8 aromatic carbocycles. The Morgan fingerprint density at radius 2 is 0.800 bits per heavy atom. The van der Waals surface area contributed by atoms with Crippen molar-refractivity contribution in [3.8, 4) is 16.8 Å². The smallest absolute Gasteiger partial charge is 0.149 e. The fourth-order valence-electron chi connectivity index (χ4n) is 10.1. The summed E-state index contributed by atoms with van der Waals surface area (Å²) in [6, 6.07) is 74.3. The van der Waals surface area contributed by atoms with Crippen LogP contribution in [-0.2, 0) is 10.2 Å². The lowest BCUT2D eigenvalue weighted by Gasteiger charge is -2.44. The van der Waals surface area contributed by atoms with Crippen molar-refractivity contribution in [1.82, 2.24) is 4.57 Å². The van der Waals surface area contributed by atoms with Gasteiger partial charge in [-0.1, -0.05) is 182 Å². The van der Waals surface area contributed by atoms with Gasteiger partial charge in [-0.2, -0.15) is 0 Å². The van der Waals surface area contributed by atoms with E-state index in [4.69, 9.17) is 0 Å². The Morgan fingerprint density at radius 3 is 1.35 bits per heavy atom. The molecule has 1 saturated carbocycles. The summed E-state index contributed by atoms with van der Waals surface area (Å²) in [7, 11) is 0. The van der Waals surface area contributed by atoms with E-state index in [1.807, 2.05) is 18.2 Å². The van der Waals surface area contributed by atoms with E-state index in [1.165, 1.54) is 60.8 Å². The molecular weight excluding hydrogens is 667 g/mol. The van der Waals surface area contributed by atoms with Crippen LogP contribution in [0.15, 0.2) is 206 Å². The fraction of sp³-hybridized carbons (Fsp3) is 0.0755. The van der Waals surface area contributed by atoms with Crippen molar-refractivity contribution in [1.29, 1.82) is 0 Å². The molecule has 1 fully saturated rings. The number of hydrogen-bond acceptors (Lipinski definition) is 1. The number of para-hydroxylation sites is 2. The van der Waals surface area contributed by atoms with Crippen LogP contribution in [-0.4, -0.2) is 10.4 Å². The van der Waals surface area contributed by atoms with Crippen molar-refractivity contribution in [3.63, 3.8) is 0 Å². The predicted octanol–water partition coefficient (Wildman–Crippen LogP) is 12.4. The Balaban J connectivity index is 1.06. The van der Waals surface area contributed by atoms with Gasteiger partial charge < -0.3 is 4.57 Å². The minimum Gasteiger partial charge on any atom is -0.309 e. The lowest BCUT2D eigenvalue weighted by Crippen LogP contribution is -2.42. The minimum absolute atomic E-state index is 0.0808. The molecule has 2 aliphatic carbocycles. The van der Waals surface area contributed by atoms with Gasteiger partial charge in [-0.15, -0.1) is 0 Å².